The Labute approximate surface area is 138 Å². The molecule has 0 bridgehead atoms. The van der Waals surface area contributed by atoms with Crippen LogP contribution >= 0.6 is 0 Å². The number of anilines is 1. The molecule has 3 unspecified atom stereocenters. The Morgan fingerprint density at radius 3 is 2.96 bits per heavy atom. The van der Waals surface area contributed by atoms with E-state index in [1.54, 1.807) is 10.9 Å². The summed E-state index contributed by atoms with van der Waals surface area (Å²) in [5, 5.41) is 31.2. The van der Waals surface area contributed by atoms with Crippen LogP contribution in [0.1, 0.15) is 19.6 Å². The maximum atomic E-state index is 9.89. The van der Waals surface area contributed by atoms with E-state index in [9.17, 15) is 10.2 Å². The SMILES string of the molecule is CC(=CCNc1ncnc2c1ncn2C1CC(O)C(CO)O1)CO. The molecule has 0 saturated carbocycles. The number of hydrogen-bond acceptors (Lipinski definition) is 8. The summed E-state index contributed by atoms with van der Waals surface area (Å²) in [4.78, 5) is 12.8. The Bertz CT molecular complexity index is 732. The van der Waals surface area contributed by atoms with Gasteiger partial charge in [-0.2, -0.15) is 0 Å². The molecule has 1 fully saturated rings. The summed E-state index contributed by atoms with van der Waals surface area (Å²) < 4.78 is 7.38. The van der Waals surface area contributed by atoms with E-state index in [1.165, 1.54) is 6.33 Å². The fraction of sp³-hybridized carbons (Fsp3) is 0.533. The van der Waals surface area contributed by atoms with Gasteiger partial charge in [-0.05, 0) is 6.92 Å². The van der Waals surface area contributed by atoms with Crippen molar-refractivity contribution < 1.29 is 20.1 Å². The second-order valence-electron chi connectivity index (χ2n) is 5.75. The molecule has 9 heteroatoms. The van der Waals surface area contributed by atoms with Crippen molar-refractivity contribution in [1.29, 1.82) is 0 Å². The normalized spacial score (nSPS) is 24.7. The van der Waals surface area contributed by atoms with E-state index in [1.807, 2.05) is 13.0 Å². The lowest BCUT2D eigenvalue weighted by molar-refractivity contribution is -0.0432. The van der Waals surface area contributed by atoms with Crippen molar-refractivity contribution in [3.05, 3.63) is 24.3 Å². The molecular weight excluding hydrogens is 314 g/mol. The maximum absolute atomic E-state index is 9.89. The van der Waals surface area contributed by atoms with E-state index < -0.39 is 18.4 Å². The van der Waals surface area contributed by atoms with Crippen LogP contribution in [0.5, 0.6) is 0 Å². The molecule has 0 aromatic carbocycles. The average Bonchev–Trinajstić information content (AvgIpc) is 3.18. The maximum Gasteiger partial charge on any atom is 0.167 e. The van der Waals surface area contributed by atoms with Gasteiger partial charge in [-0.25, -0.2) is 15.0 Å². The number of aliphatic hydroxyl groups is 3. The van der Waals surface area contributed by atoms with Gasteiger partial charge in [-0.1, -0.05) is 11.6 Å². The first-order valence-electron chi connectivity index (χ1n) is 7.76. The second-order valence-corrected chi connectivity index (χ2v) is 5.75. The van der Waals surface area contributed by atoms with Gasteiger partial charge in [-0.3, -0.25) is 4.57 Å². The van der Waals surface area contributed by atoms with Crippen molar-refractivity contribution >= 4 is 17.0 Å². The van der Waals surface area contributed by atoms with Crippen LogP contribution in [0.3, 0.4) is 0 Å². The van der Waals surface area contributed by atoms with Gasteiger partial charge in [0.05, 0.1) is 25.6 Å². The third-order valence-corrected chi connectivity index (χ3v) is 4.02. The lowest BCUT2D eigenvalue weighted by Gasteiger charge is -2.13. The number of ether oxygens (including phenoxy) is 1. The van der Waals surface area contributed by atoms with E-state index in [4.69, 9.17) is 9.84 Å². The first-order chi connectivity index (χ1) is 11.6. The predicted octanol–water partition coefficient (Wildman–Crippen LogP) is -0.183. The number of imidazole rings is 1. The third-order valence-electron chi connectivity index (χ3n) is 4.02. The monoisotopic (exact) mass is 335 g/mol. The molecule has 0 amide bonds. The molecule has 130 valence electrons. The number of nitrogens with one attached hydrogen (secondary N) is 1. The van der Waals surface area contributed by atoms with Crippen LogP contribution < -0.4 is 5.32 Å². The molecular formula is C15H21N5O4. The topological polar surface area (TPSA) is 126 Å². The van der Waals surface area contributed by atoms with E-state index in [-0.39, 0.29) is 13.2 Å². The Balaban J connectivity index is 1.82. The van der Waals surface area contributed by atoms with Crippen molar-refractivity contribution in [2.75, 3.05) is 25.1 Å². The fourth-order valence-corrected chi connectivity index (χ4v) is 2.63. The molecule has 4 N–H and O–H groups in total. The number of nitrogens with zero attached hydrogens (tertiary/aromatic N) is 4. The van der Waals surface area contributed by atoms with E-state index in [2.05, 4.69) is 20.3 Å². The van der Waals surface area contributed by atoms with Crippen LogP contribution in [-0.4, -0.2) is 66.8 Å². The van der Waals surface area contributed by atoms with E-state index in [0.29, 0.717) is 29.9 Å². The number of rotatable bonds is 6. The lowest BCUT2D eigenvalue weighted by Crippen LogP contribution is -2.24. The lowest BCUT2D eigenvalue weighted by atomic mass is 10.2. The summed E-state index contributed by atoms with van der Waals surface area (Å²) in [5.74, 6) is 0.581. The summed E-state index contributed by atoms with van der Waals surface area (Å²) in [6.45, 7) is 2.13. The van der Waals surface area contributed by atoms with Crippen molar-refractivity contribution in [3.63, 3.8) is 0 Å². The highest BCUT2D eigenvalue weighted by Gasteiger charge is 2.35. The van der Waals surface area contributed by atoms with Gasteiger partial charge in [0.2, 0.25) is 0 Å². The largest absolute Gasteiger partial charge is 0.394 e. The molecule has 9 nitrogen and oxygen atoms in total. The second kappa shape index (κ2) is 7.22. The highest BCUT2D eigenvalue weighted by atomic mass is 16.5. The highest BCUT2D eigenvalue weighted by molar-refractivity contribution is 5.82. The highest BCUT2D eigenvalue weighted by Crippen LogP contribution is 2.31. The Kier molecular flexibility index (Phi) is 5.05. The zero-order valence-electron chi connectivity index (χ0n) is 13.3. The molecule has 3 atom stereocenters. The third kappa shape index (κ3) is 3.24. The minimum Gasteiger partial charge on any atom is -0.394 e. The van der Waals surface area contributed by atoms with Crippen molar-refractivity contribution in [2.24, 2.45) is 0 Å². The van der Waals surface area contributed by atoms with Gasteiger partial charge in [-0.15, -0.1) is 0 Å². The molecule has 0 spiro atoms. The Morgan fingerprint density at radius 1 is 1.42 bits per heavy atom. The van der Waals surface area contributed by atoms with Crippen molar-refractivity contribution in [2.45, 2.75) is 31.8 Å². The number of aromatic nitrogens is 4. The van der Waals surface area contributed by atoms with Gasteiger partial charge in [0.1, 0.15) is 18.7 Å². The molecule has 0 aliphatic carbocycles. The van der Waals surface area contributed by atoms with Crippen LogP contribution in [0.2, 0.25) is 0 Å². The van der Waals surface area contributed by atoms with Gasteiger partial charge >= 0.3 is 0 Å². The molecule has 1 aliphatic heterocycles. The van der Waals surface area contributed by atoms with Crippen LogP contribution in [0.15, 0.2) is 24.3 Å². The van der Waals surface area contributed by atoms with E-state index in [0.717, 1.165) is 5.57 Å². The Hall–Kier alpha value is -2.07. The number of hydrogen-bond donors (Lipinski definition) is 4. The van der Waals surface area contributed by atoms with Crippen LogP contribution in [0.25, 0.3) is 11.2 Å². The fourth-order valence-electron chi connectivity index (χ4n) is 2.63. The molecule has 1 aliphatic rings. The summed E-state index contributed by atoms with van der Waals surface area (Å²) in [7, 11) is 0. The standard InChI is InChI=1S/C15H21N5O4/c1-9(5-21)2-3-16-14-13-15(18-7-17-14)20(8-19-13)12-4-10(23)11(6-22)24-12/h2,7-8,10-12,21-23H,3-6H2,1H3,(H,16,17,18). The molecule has 1 saturated heterocycles. The Morgan fingerprint density at radius 2 is 2.25 bits per heavy atom. The van der Waals surface area contributed by atoms with Crippen LogP contribution in [0.4, 0.5) is 5.82 Å². The molecule has 0 radical (unpaired) electrons. The molecule has 24 heavy (non-hydrogen) atoms. The quantitative estimate of drug-likeness (QED) is 0.536. The first kappa shape index (κ1) is 16.8. The summed E-state index contributed by atoms with van der Waals surface area (Å²) >= 11 is 0. The van der Waals surface area contributed by atoms with Gasteiger partial charge in [0.15, 0.2) is 17.0 Å². The first-order valence-corrected chi connectivity index (χ1v) is 7.76. The van der Waals surface area contributed by atoms with Gasteiger partial charge < -0.3 is 25.4 Å². The summed E-state index contributed by atoms with van der Waals surface area (Å²) in [6.07, 6.45) is 3.51. The number of fused-ring (bicyclic) bond motifs is 1. The van der Waals surface area contributed by atoms with Crippen LogP contribution in [0, 0.1) is 0 Å². The molecule has 2 aromatic rings. The van der Waals surface area contributed by atoms with Gasteiger partial charge in [0.25, 0.3) is 0 Å². The average molecular weight is 335 g/mol. The van der Waals surface area contributed by atoms with Crippen LogP contribution in [-0.2, 0) is 4.74 Å². The molecule has 2 aromatic heterocycles. The molecule has 3 rings (SSSR count). The van der Waals surface area contributed by atoms with Gasteiger partial charge in [0, 0.05) is 13.0 Å². The minimum absolute atomic E-state index is 0.0167. The van der Waals surface area contributed by atoms with E-state index >= 15 is 0 Å². The zero-order chi connectivity index (χ0) is 17.1. The smallest absolute Gasteiger partial charge is 0.167 e. The molecule has 3 heterocycles. The number of aliphatic hydroxyl groups excluding tert-OH is 3. The summed E-state index contributed by atoms with van der Waals surface area (Å²) in [6, 6.07) is 0. The zero-order valence-corrected chi connectivity index (χ0v) is 13.3. The summed E-state index contributed by atoms with van der Waals surface area (Å²) in [5.41, 5.74) is 2.05. The van der Waals surface area contributed by atoms with Crippen molar-refractivity contribution in [3.8, 4) is 0 Å². The van der Waals surface area contributed by atoms with Crippen molar-refractivity contribution in [1.82, 2.24) is 19.5 Å². The minimum atomic E-state index is -0.719. The predicted molar refractivity (Wildman–Crippen MR) is 86.3 cm³/mol.